The monoisotopic (exact) mass is 179 g/mol. The number of rotatable bonds is 4. The van der Waals surface area contributed by atoms with Crippen molar-refractivity contribution in [2.45, 2.75) is 13.1 Å². The summed E-state index contributed by atoms with van der Waals surface area (Å²) in [5, 5.41) is 3.12. The van der Waals surface area contributed by atoms with E-state index in [4.69, 9.17) is 8.83 Å². The predicted octanol–water partition coefficient (Wildman–Crippen LogP) is 0.952. The number of oxazole rings is 2. The quantitative estimate of drug-likeness (QED) is 0.757. The van der Waals surface area contributed by atoms with Crippen molar-refractivity contribution in [3.05, 3.63) is 36.7 Å². The van der Waals surface area contributed by atoms with Crippen LogP contribution < -0.4 is 5.32 Å². The highest BCUT2D eigenvalue weighted by molar-refractivity contribution is 4.90. The lowest BCUT2D eigenvalue weighted by atomic mass is 10.4. The highest BCUT2D eigenvalue weighted by Crippen LogP contribution is 1.98. The van der Waals surface area contributed by atoms with E-state index in [1.54, 1.807) is 12.4 Å². The molecule has 2 aromatic rings. The van der Waals surface area contributed by atoms with Gasteiger partial charge in [-0.15, -0.1) is 0 Å². The van der Waals surface area contributed by atoms with E-state index >= 15 is 0 Å². The maximum Gasteiger partial charge on any atom is 0.180 e. The zero-order valence-corrected chi connectivity index (χ0v) is 6.93. The first-order valence-corrected chi connectivity index (χ1v) is 3.90. The van der Waals surface area contributed by atoms with Gasteiger partial charge >= 0.3 is 0 Å². The van der Waals surface area contributed by atoms with E-state index in [0.717, 1.165) is 11.5 Å². The van der Waals surface area contributed by atoms with Gasteiger partial charge in [0.1, 0.15) is 11.5 Å². The van der Waals surface area contributed by atoms with Crippen molar-refractivity contribution in [2.75, 3.05) is 0 Å². The van der Waals surface area contributed by atoms with Crippen LogP contribution in [0.25, 0.3) is 0 Å². The summed E-state index contributed by atoms with van der Waals surface area (Å²) >= 11 is 0. The molecule has 0 aliphatic heterocycles. The summed E-state index contributed by atoms with van der Waals surface area (Å²) in [6.07, 6.45) is 6.16. The molecule has 2 rings (SSSR count). The highest BCUT2D eigenvalue weighted by Gasteiger charge is 1.97. The fourth-order valence-electron chi connectivity index (χ4n) is 0.968. The van der Waals surface area contributed by atoms with Crippen molar-refractivity contribution in [1.29, 1.82) is 0 Å². The molecule has 0 aromatic carbocycles. The van der Waals surface area contributed by atoms with Crippen LogP contribution in [0.5, 0.6) is 0 Å². The van der Waals surface area contributed by atoms with E-state index in [2.05, 4.69) is 15.3 Å². The summed E-state index contributed by atoms with van der Waals surface area (Å²) in [6.45, 7) is 1.28. The van der Waals surface area contributed by atoms with E-state index in [-0.39, 0.29) is 0 Å². The SMILES string of the molecule is c1ncc(CNCc2cnco2)o1. The first-order chi connectivity index (χ1) is 6.45. The van der Waals surface area contributed by atoms with Gasteiger partial charge in [-0.05, 0) is 0 Å². The average Bonchev–Trinajstić information content (AvgIpc) is 2.75. The Bertz CT molecular complexity index is 294. The minimum absolute atomic E-state index is 0.640. The van der Waals surface area contributed by atoms with Crippen LogP contribution in [0.3, 0.4) is 0 Å². The van der Waals surface area contributed by atoms with Gasteiger partial charge < -0.3 is 14.2 Å². The van der Waals surface area contributed by atoms with Crippen LogP contribution in [-0.4, -0.2) is 9.97 Å². The average molecular weight is 179 g/mol. The summed E-state index contributed by atoms with van der Waals surface area (Å²) < 4.78 is 10.1. The lowest BCUT2D eigenvalue weighted by Gasteiger charge is -1.97. The van der Waals surface area contributed by atoms with Gasteiger partial charge in [0.15, 0.2) is 12.8 Å². The standard InChI is InChI=1S/C8H9N3O2/c1(7-3-10-5-12-7)9-2-8-4-11-6-13-8/h3-6,9H,1-2H2. The van der Waals surface area contributed by atoms with Crippen LogP contribution in [0.4, 0.5) is 0 Å². The molecule has 2 aromatic heterocycles. The van der Waals surface area contributed by atoms with Gasteiger partial charge in [0, 0.05) is 0 Å². The van der Waals surface area contributed by atoms with Crippen molar-refractivity contribution in [3.63, 3.8) is 0 Å². The zero-order valence-electron chi connectivity index (χ0n) is 6.93. The Kier molecular flexibility index (Phi) is 2.38. The molecule has 0 spiro atoms. The fraction of sp³-hybridized carbons (Fsp3) is 0.250. The van der Waals surface area contributed by atoms with Gasteiger partial charge in [0.05, 0.1) is 25.5 Å². The maximum atomic E-state index is 5.03. The Hall–Kier alpha value is -1.62. The Morgan fingerprint density at radius 1 is 1.00 bits per heavy atom. The smallest absolute Gasteiger partial charge is 0.180 e. The Morgan fingerprint density at radius 2 is 1.54 bits per heavy atom. The molecule has 0 bridgehead atoms. The highest BCUT2D eigenvalue weighted by atomic mass is 16.3. The minimum atomic E-state index is 0.640. The van der Waals surface area contributed by atoms with Gasteiger partial charge in [0.2, 0.25) is 0 Å². The molecule has 5 nitrogen and oxygen atoms in total. The Labute approximate surface area is 74.8 Å². The topological polar surface area (TPSA) is 64.1 Å². The third-order valence-corrected chi connectivity index (χ3v) is 1.57. The second-order valence-electron chi connectivity index (χ2n) is 2.54. The Balaban J connectivity index is 1.76. The number of aromatic nitrogens is 2. The van der Waals surface area contributed by atoms with Crippen molar-refractivity contribution >= 4 is 0 Å². The molecule has 1 N–H and O–H groups in total. The third kappa shape index (κ3) is 2.16. The van der Waals surface area contributed by atoms with Crippen LogP contribution in [-0.2, 0) is 13.1 Å². The van der Waals surface area contributed by atoms with Crippen molar-refractivity contribution < 1.29 is 8.83 Å². The summed E-state index contributed by atoms with van der Waals surface area (Å²) in [6, 6.07) is 0. The molecule has 13 heavy (non-hydrogen) atoms. The zero-order chi connectivity index (χ0) is 8.93. The minimum Gasteiger partial charge on any atom is -0.447 e. The van der Waals surface area contributed by atoms with E-state index in [0.29, 0.717) is 13.1 Å². The molecule has 0 radical (unpaired) electrons. The maximum absolute atomic E-state index is 5.03. The molecule has 68 valence electrons. The molecular weight excluding hydrogens is 170 g/mol. The predicted molar refractivity (Wildman–Crippen MR) is 43.5 cm³/mol. The van der Waals surface area contributed by atoms with Gasteiger partial charge in [-0.3, -0.25) is 0 Å². The molecule has 0 amide bonds. The molecule has 5 heteroatoms. The molecule has 0 saturated carbocycles. The summed E-state index contributed by atoms with van der Waals surface area (Å²) in [4.78, 5) is 7.59. The molecule has 0 saturated heterocycles. The second-order valence-corrected chi connectivity index (χ2v) is 2.54. The molecule has 0 unspecified atom stereocenters. The Morgan fingerprint density at radius 3 is 1.92 bits per heavy atom. The summed E-state index contributed by atoms with van der Waals surface area (Å²) in [5.41, 5.74) is 0. The number of hydrogen-bond acceptors (Lipinski definition) is 5. The van der Waals surface area contributed by atoms with Crippen LogP contribution in [0.2, 0.25) is 0 Å². The van der Waals surface area contributed by atoms with E-state index in [1.807, 2.05) is 0 Å². The largest absolute Gasteiger partial charge is 0.447 e. The van der Waals surface area contributed by atoms with E-state index < -0.39 is 0 Å². The van der Waals surface area contributed by atoms with Crippen molar-refractivity contribution in [2.24, 2.45) is 0 Å². The number of nitrogens with one attached hydrogen (secondary N) is 1. The van der Waals surface area contributed by atoms with Crippen LogP contribution in [0.1, 0.15) is 11.5 Å². The van der Waals surface area contributed by atoms with Crippen molar-refractivity contribution in [1.82, 2.24) is 15.3 Å². The fourth-order valence-corrected chi connectivity index (χ4v) is 0.968. The van der Waals surface area contributed by atoms with Gasteiger partial charge in [-0.1, -0.05) is 0 Å². The van der Waals surface area contributed by atoms with Gasteiger partial charge in [-0.25, -0.2) is 9.97 Å². The van der Waals surface area contributed by atoms with Gasteiger partial charge in [0.25, 0.3) is 0 Å². The van der Waals surface area contributed by atoms with Crippen LogP contribution in [0.15, 0.2) is 34.0 Å². The first kappa shape index (κ1) is 8.00. The lowest BCUT2D eigenvalue weighted by molar-refractivity contribution is 0.448. The van der Waals surface area contributed by atoms with Crippen LogP contribution in [0, 0.1) is 0 Å². The van der Waals surface area contributed by atoms with Crippen molar-refractivity contribution in [3.8, 4) is 0 Å². The molecule has 0 aliphatic carbocycles. The van der Waals surface area contributed by atoms with Crippen LogP contribution >= 0.6 is 0 Å². The summed E-state index contributed by atoms with van der Waals surface area (Å²) in [7, 11) is 0. The van der Waals surface area contributed by atoms with E-state index in [1.165, 1.54) is 12.8 Å². The normalized spacial score (nSPS) is 10.5. The second kappa shape index (κ2) is 3.86. The molecule has 2 heterocycles. The molecule has 0 atom stereocenters. The summed E-state index contributed by atoms with van der Waals surface area (Å²) in [5.74, 6) is 1.61. The van der Waals surface area contributed by atoms with E-state index in [9.17, 15) is 0 Å². The molecular formula is C8H9N3O2. The first-order valence-electron chi connectivity index (χ1n) is 3.90. The molecule has 0 fully saturated rings. The third-order valence-electron chi connectivity index (χ3n) is 1.57. The molecule has 0 aliphatic rings. The number of hydrogen-bond donors (Lipinski definition) is 1. The lowest BCUT2D eigenvalue weighted by Crippen LogP contribution is -2.11. The van der Waals surface area contributed by atoms with Gasteiger partial charge in [-0.2, -0.15) is 0 Å². The number of nitrogens with zero attached hydrogens (tertiary/aromatic N) is 2.